The maximum atomic E-state index is 6.30. The molecule has 0 N–H and O–H groups in total. The van der Waals surface area contributed by atoms with Crippen molar-refractivity contribution in [3.05, 3.63) is 39.7 Å². The second-order valence-corrected chi connectivity index (χ2v) is 6.90. The van der Waals surface area contributed by atoms with E-state index in [9.17, 15) is 0 Å². The Bertz CT molecular complexity index is 775. The highest BCUT2D eigenvalue weighted by Gasteiger charge is 2.18. The van der Waals surface area contributed by atoms with E-state index in [1.165, 1.54) is 4.88 Å². The number of aryl methyl sites for hydroxylation is 2. The lowest BCUT2D eigenvalue weighted by Crippen LogP contribution is -2.06. The average molecular weight is 321 g/mol. The number of alkyl halides is 1. The number of rotatable bonds is 4. The van der Waals surface area contributed by atoms with Gasteiger partial charge in [0.15, 0.2) is 5.65 Å². The van der Waals surface area contributed by atoms with E-state index in [1.54, 1.807) is 11.3 Å². The van der Waals surface area contributed by atoms with Gasteiger partial charge in [-0.3, -0.25) is 0 Å². The molecule has 1 unspecified atom stereocenters. The summed E-state index contributed by atoms with van der Waals surface area (Å²) < 4.78 is 2.08. The normalized spacial score (nSPS) is 13.0. The molecule has 110 valence electrons. The predicted octanol–water partition coefficient (Wildman–Crippen LogP) is 4.11. The molecule has 0 aliphatic heterocycles. The second-order valence-electron chi connectivity index (χ2n) is 5.05. The van der Waals surface area contributed by atoms with Crippen LogP contribution in [0.25, 0.3) is 11.2 Å². The highest BCUT2D eigenvalue weighted by molar-refractivity contribution is 7.11. The fraction of sp³-hybridized carbons (Fsp3) is 0.400. The summed E-state index contributed by atoms with van der Waals surface area (Å²) in [4.78, 5) is 14.9. The Morgan fingerprint density at radius 3 is 2.86 bits per heavy atom. The fourth-order valence-corrected chi connectivity index (χ4v) is 3.35. The first kappa shape index (κ1) is 14.5. The molecule has 0 saturated carbocycles. The third-order valence-corrected chi connectivity index (χ3v) is 4.79. The summed E-state index contributed by atoms with van der Waals surface area (Å²) in [5, 5.41) is 0.900. The van der Waals surface area contributed by atoms with Crippen molar-refractivity contribution in [3.8, 4) is 0 Å². The van der Waals surface area contributed by atoms with Crippen LogP contribution in [0.1, 0.15) is 40.5 Å². The summed E-state index contributed by atoms with van der Waals surface area (Å²) in [6.07, 6.45) is 4.78. The van der Waals surface area contributed by atoms with Crippen LogP contribution in [0.15, 0.2) is 18.5 Å². The van der Waals surface area contributed by atoms with E-state index in [1.807, 2.05) is 32.3 Å². The minimum Gasteiger partial charge on any atom is -0.304 e. The molecule has 0 aliphatic carbocycles. The maximum Gasteiger partial charge on any atom is 0.160 e. The molecule has 0 aromatic carbocycles. The third-order valence-electron chi connectivity index (χ3n) is 3.46. The Morgan fingerprint density at radius 1 is 1.38 bits per heavy atom. The average Bonchev–Trinajstić information content (AvgIpc) is 3.05. The Hall–Kier alpha value is -1.46. The molecular formula is C15H17ClN4S. The van der Waals surface area contributed by atoms with Gasteiger partial charge in [-0.15, -0.1) is 22.9 Å². The van der Waals surface area contributed by atoms with E-state index >= 15 is 0 Å². The number of hydrogen-bond acceptors (Lipinski definition) is 4. The summed E-state index contributed by atoms with van der Waals surface area (Å²) in [5.74, 6) is 0.849. The van der Waals surface area contributed by atoms with Crippen molar-refractivity contribution < 1.29 is 0 Å². The first-order valence-corrected chi connectivity index (χ1v) is 8.24. The molecule has 3 heterocycles. The third kappa shape index (κ3) is 2.68. The van der Waals surface area contributed by atoms with Crippen LogP contribution < -0.4 is 0 Å². The zero-order valence-corrected chi connectivity index (χ0v) is 13.9. The molecule has 0 saturated heterocycles. The van der Waals surface area contributed by atoms with Crippen LogP contribution in [0, 0.1) is 6.92 Å². The Labute approximate surface area is 132 Å². The molecule has 6 heteroatoms. The molecule has 3 aromatic heterocycles. The first-order chi connectivity index (χ1) is 10.1. The van der Waals surface area contributed by atoms with Crippen molar-refractivity contribution in [1.82, 2.24) is 19.5 Å². The summed E-state index contributed by atoms with van der Waals surface area (Å²) >= 11 is 8.04. The van der Waals surface area contributed by atoms with Crippen LogP contribution in [0.3, 0.4) is 0 Å². The van der Waals surface area contributed by atoms with Gasteiger partial charge in [0.2, 0.25) is 0 Å². The molecule has 0 radical (unpaired) electrons. The quantitative estimate of drug-likeness (QED) is 0.679. The predicted molar refractivity (Wildman–Crippen MR) is 87.1 cm³/mol. The summed E-state index contributed by atoms with van der Waals surface area (Å²) in [6.45, 7) is 6.79. The van der Waals surface area contributed by atoms with Gasteiger partial charge in [-0.1, -0.05) is 6.92 Å². The van der Waals surface area contributed by atoms with E-state index in [0.717, 1.165) is 34.0 Å². The van der Waals surface area contributed by atoms with Gasteiger partial charge in [-0.2, -0.15) is 0 Å². The number of imidazole rings is 1. The highest BCUT2D eigenvalue weighted by Crippen LogP contribution is 2.26. The molecule has 1 atom stereocenters. The van der Waals surface area contributed by atoms with Crippen molar-refractivity contribution in [3.63, 3.8) is 0 Å². The molecule has 0 amide bonds. The van der Waals surface area contributed by atoms with Crippen LogP contribution in [0.5, 0.6) is 0 Å². The van der Waals surface area contributed by atoms with Gasteiger partial charge in [-0.05, 0) is 31.9 Å². The molecule has 4 nitrogen and oxygen atoms in total. The van der Waals surface area contributed by atoms with E-state index in [0.29, 0.717) is 6.54 Å². The summed E-state index contributed by atoms with van der Waals surface area (Å²) in [6, 6.07) is 1.97. The van der Waals surface area contributed by atoms with Gasteiger partial charge in [0.05, 0.1) is 11.9 Å². The number of pyridine rings is 1. The smallest absolute Gasteiger partial charge is 0.160 e. The van der Waals surface area contributed by atoms with Gasteiger partial charge >= 0.3 is 0 Å². The van der Waals surface area contributed by atoms with Crippen LogP contribution >= 0.6 is 22.9 Å². The van der Waals surface area contributed by atoms with Crippen molar-refractivity contribution in [2.45, 2.75) is 39.1 Å². The van der Waals surface area contributed by atoms with E-state index in [-0.39, 0.29) is 5.38 Å². The number of nitrogens with zero attached hydrogens (tertiary/aromatic N) is 4. The fourth-order valence-electron chi connectivity index (χ4n) is 2.33. The lowest BCUT2D eigenvalue weighted by molar-refractivity contribution is 0.732. The van der Waals surface area contributed by atoms with Gasteiger partial charge < -0.3 is 4.57 Å². The minimum absolute atomic E-state index is 0.163. The highest BCUT2D eigenvalue weighted by atomic mass is 35.5. The minimum atomic E-state index is -0.163. The van der Waals surface area contributed by atoms with E-state index < -0.39 is 0 Å². The van der Waals surface area contributed by atoms with Crippen molar-refractivity contribution >= 4 is 34.1 Å². The molecular weight excluding hydrogens is 304 g/mol. The van der Waals surface area contributed by atoms with E-state index in [2.05, 4.69) is 26.4 Å². The number of halogens is 1. The lowest BCUT2D eigenvalue weighted by Gasteiger charge is -2.07. The molecule has 21 heavy (non-hydrogen) atoms. The topological polar surface area (TPSA) is 43.6 Å². The van der Waals surface area contributed by atoms with Crippen LogP contribution in [0.2, 0.25) is 0 Å². The molecule has 3 aromatic rings. The summed E-state index contributed by atoms with van der Waals surface area (Å²) in [5.41, 5.74) is 2.92. The van der Waals surface area contributed by atoms with Gasteiger partial charge in [-0.25, -0.2) is 15.0 Å². The Balaban J connectivity index is 2.11. The molecule has 0 fully saturated rings. The van der Waals surface area contributed by atoms with Crippen molar-refractivity contribution in [1.29, 1.82) is 0 Å². The van der Waals surface area contributed by atoms with Gasteiger partial charge in [0.1, 0.15) is 16.3 Å². The SMILES string of the molecule is CCc1cnc(Cn2c(C(C)Cl)nc3c(C)ccnc32)s1. The van der Waals surface area contributed by atoms with E-state index in [4.69, 9.17) is 11.6 Å². The molecule has 0 spiro atoms. The van der Waals surface area contributed by atoms with Crippen molar-refractivity contribution in [2.24, 2.45) is 0 Å². The van der Waals surface area contributed by atoms with Crippen LogP contribution in [-0.2, 0) is 13.0 Å². The van der Waals surface area contributed by atoms with Crippen LogP contribution in [-0.4, -0.2) is 19.5 Å². The largest absolute Gasteiger partial charge is 0.304 e. The van der Waals surface area contributed by atoms with Gasteiger partial charge in [0, 0.05) is 17.3 Å². The lowest BCUT2D eigenvalue weighted by atomic mass is 10.3. The number of fused-ring (bicyclic) bond motifs is 1. The number of hydrogen-bond donors (Lipinski definition) is 0. The Morgan fingerprint density at radius 2 is 2.19 bits per heavy atom. The standard InChI is InChI=1S/C15H17ClN4S/c1-4-11-7-18-12(21-11)8-20-14(10(3)16)19-13-9(2)5-6-17-15(13)20/h5-7,10H,4,8H2,1-3H3. The zero-order chi connectivity index (χ0) is 15.0. The molecule has 0 aliphatic rings. The first-order valence-electron chi connectivity index (χ1n) is 6.99. The second kappa shape index (κ2) is 5.73. The van der Waals surface area contributed by atoms with Crippen LogP contribution in [0.4, 0.5) is 0 Å². The van der Waals surface area contributed by atoms with Crippen molar-refractivity contribution in [2.75, 3.05) is 0 Å². The number of aromatic nitrogens is 4. The Kier molecular flexibility index (Phi) is 3.95. The maximum absolute atomic E-state index is 6.30. The summed E-state index contributed by atoms with van der Waals surface area (Å²) in [7, 11) is 0. The van der Waals surface area contributed by atoms with Gasteiger partial charge in [0.25, 0.3) is 0 Å². The number of thiazole rings is 1. The monoisotopic (exact) mass is 320 g/mol. The molecule has 3 rings (SSSR count). The zero-order valence-electron chi connectivity index (χ0n) is 12.3. The molecule has 0 bridgehead atoms.